The summed E-state index contributed by atoms with van der Waals surface area (Å²) in [7, 11) is 0. The molecule has 1 aliphatic heterocycles. The first kappa shape index (κ1) is 18.0. The maximum atomic E-state index is 12.6. The lowest BCUT2D eigenvalue weighted by atomic mass is 9.85. The molecule has 2 N–H and O–H groups in total. The molecule has 0 amide bonds. The zero-order valence-electron chi connectivity index (χ0n) is 14.6. The van der Waals surface area contributed by atoms with Crippen LogP contribution >= 0.6 is 23.8 Å². The van der Waals surface area contributed by atoms with E-state index in [1.54, 1.807) is 0 Å². The van der Waals surface area contributed by atoms with Crippen molar-refractivity contribution in [3.05, 3.63) is 76.0 Å². The van der Waals surface area contributed by atoms with Gasteiger partial charge in [-0.1, -0.05) is 48.0 Å². The molecule has 4 nitrogen and oxygen atoms in total. The molecule has 0 saturated heterocycles. The number of benzene rings is 2. The largest absolute Gasteiger partial charge is 0.488 e. The monoisotopic (exact) mass is 398 g/mol. The average molecular weight is 399 g/mol. The predicted molar refractivity (Wildman–Crippen MR) is 110 cm³/mol. The molecule has 1 unspecified atom stereocenters. The average Bonchev–Trinajstić information content (AvgIpc) is 2.67. The number of carbonyl (C=O) groups is 1. The van der Waals surface area contributed by atoms with Gasteiger partial charge in [-0.2, -0.15) is 0 Å². The van der Waals surface area contributed by atoms with Crippen LogP contribution in [0.5, 0.6) is 5.75 Å². The van der Waals surface area contributed by atoms with E-state index in [0.29, 0.717) is 28.9 Å². The molecule has 2 aliphatic rings. The molecule has 0 spiro atoms. The van der Waals surface area contributed by atoms with Gasteiger partial charge in [0.1, 0.15) is 12.4 Å². The number of para-hydroxylation sites is 1. The van der Waals surface area contributed by atoms with Gasteiger partial charge in [0.2, 0.25) is 0 Å². The van der Waals surface area contributed by atoms with E-state index in [9.17, 15) is 4.79 Å². The van der Waals surface area contributed by atoms with Gasteiger partial charge in [-0.15, -0.1) is 0 Å². The number of rotatable bonds is 4. The van der Waals surface area contributed by atoms with Crippen LogP contribution in [0.25, 0.3) is 0 Å². The van der Waals surface area contributed by atoms with Crippen molar-refractivity contribution in [2.45, 2.75) is 31.9 Å². The second kappa shape index (κ2) is 7.71. The molecule has 0 fully saturated rings. The molecule has 138 valence electrons. The van der Waals surface area contributed by atoms with Crippen LogP contribution in [0.2, 0.25) is 5.02 Å². The molecule has 0 radical (unpaired) electrons. The highest BCUT2D eigenvalue weighted by molar-refractivity contribution is 7.80. The number of Topliss-reactive ketones (excluding diaryl/α,β-unsaturated/α-hetero) is 1. The lowest BCUT2D eigenvalue weighted by molar-refractivity contribution is -0.116. The van der Waals surface area contributed by atoms with E-state index < -0.39 is 0 Å². The topological polar surface area (TPSA) is 50.4 Å². The minimum Gasteiger partial charge on any atom is -0.488 e. The summed E-state index contributed by atoms with van der Waals surface area (Å²) in [6.45, 7) is 0.353. The van der Waals surface area contributed by atoms with Gasteiger partial charge in [-0.25, -0.2) is 0 Å². The zero-order valence-corrected chi connectivity index (χ0v) is 16.2. The number of carbonyl (C=O) groups excluding carboxylic acids is 1. The molecule has 1 aliphatic carbocycles. The highest BCUT2D eigenvalue weighted by Gasteiger charge is 2.34. The quantitative estimate of drug-likeness (QED) is 0.745. The zero-order chi connectivity index (χ0) is 18.8. The number of thiocarbonyl (C=S) groups is 1. The van der Waals surface area contributed by atoms with Crippen LogP contribution in [0.4, 0.5) is 0 Å². The summed E-state index contributed by atoms with van der Waals surface area (Å²) < 4.78 is 6.09. The Bertz CT molecular complexity index is 941. The first-order chi connectivity index (χ1) is 13.1. The number of hydrogen-bond donors (Lipinski definition) is 2. The standard InChI is InChI=1S/C21H19ClN2O2S/c22-15-8-3-1-6-13(15)12-26-18-11-4-2-7-14(18)20-19-16(23-21(27)24-20)9-5-10-17(19)25/h1-4,6-8,11,20H,5,9-10,12H2,(H2,23,24,27). The van der Waals surface area contributed by atoms with Gasteiger partial charge in [0, 0.05) is 33.8 Å². The van der Waals surface area contributed by atoms with Crippen molar-refractivity contribution in [3.63, 3.8) is 0 Å². The maximum absolute atomic E-state index is 12.6. The van der Waals surface area contributed by atoms with Crippen molar-refractivity contribution in [2.24, 2.45) is 0 Å². The molecule has 0 aromatic heterocycles. The van der Waals surface area contributed by atoms with Crippen LogP contribution in [0, 0.1) is 0 Å². The molecular formula is C21H19ClN2O2S. The third-order valence-electron chi connectivity index (χ3n) is 4.86. The molecular weight excluding hydrogens is 380 g/mol. The van der Waals surface area contributed by atoms with Gasteiger partial charge in [0.05, 0.1) is 6.04 Å². The number of hydrogen-bond acceptors (Lipinski definition) is 3. The van der Waals surface area contributed by atoms with Gasteiger partial charge in [0.25, 0.3) is 0 Å². The fourth-order valence-electron chi connectivity index (χ4n) is 3.56. The third kappa shape index (κ3) is 3.70. The Kier molecular flexibility index (Phi) is 5.14. The normalized spacial score (nSPS) is 19.2. The van der Waals surface area contributed by atoms with Crippen LogP contribution in [0.15, 0.2) is 59.8 Å². The minimum absolute atomic E-state index is 0.157. The summed E-state index contributed by atoms with van der Waals surface area (Å²) in [5, 5.41) is 7.61. The predicted octanol–water partition coefficient (Wildman–Crippen LogP) is 4.44. The van der Waals surface area contributed by atoms with Gasteiger partial charge < -0.3 is 15.4 Å². The Morgan fingerprint density at radius 2 is 1.89 bits per heavy atom. The van der Waals surface area contributed by atoms with Crippen molar-refractivity contribution >= 4 is 34.7 Å². The Labute approximate surface area is 168 Å². The van der Waals surface area contributed by atoms with Crippen molar-refractivity contribution in [1.29, 1.82) is 0 Å². The summed E-state index contributed by atoms with van der Waals surface area (Å²) in [4.78, 5) is 12.6. The van der Waals surface area contributed by atoms with Crippen molar-refractivity contribution in [3.8, 4) is 5.75 Å². The summed E-state index contributed by atoms with van der Waals surface area (Å²) >= 11 is 11.6. The summed E-state index contributed by atoms with van der Waals surface area (Å²) in [5.74, 6) is 0.870. The van der Waals surface area contributed by atoms with E-state index in [4.69, 9.17) is 28.6 Å². The van der Waals surface area contributed by atoms with Crippen LogP contribution in [-0.2, 0) is 11.4 Å². The van der Waals surface area contributed by atoms with Crippen LogP contribution < -0.4 is 15.4 Å². The maximum Gasteiger partial charge on any atom is 0.171 e. The first-order valence-corrected chi connectivity index (χ1v) is 9.71. The third-order valence-corrected chi connectivity index (χ3v) is 5.44. The van der Waals surface area contributed by atoms with E-state index in [-0.39, 0.29) is 11.8 Å². The van der Waals surface area contributed by atoms with Gasteiger partial charge in [-0.05, 0) is 37.2 Å². The molecule has 0 saturated carbocycles. The molecule has 2 aromatic carbocycles. The Morgan fingerprint density at radius 1 is 1.11 bits per heavy atom. The number of ether oxygens (including phenoxy) is 1. The smallest absolute Gasteiger partial charge is 0.171 e. The molecule has 2 aromatic rings. The van der Waals surface area contributed by atoms with Gasteiger partial charge >= 0.3 is 0 Å². The molecule has 27 heavy (non-hydrogen) atoms. The Balaban J connectivity index is 1.67. The van der Waals surface area contributed by atoms with Gasteiger partial charge in [0.15, 0.2) is 10.9 Å². The van der Waals surface area contributed by atoms with E-state index in [2.05, 4.69) is 10.6 Å². The summed E-state index contributed by atoms with van der Waals surface area (Å²) in [6, 6.07) is 15.0. The Hall–Kier alpha value is -2.37. The molecule has 4 rings (SSSR count). The fourth-order valence-corrected chi connectivity index (χ4v) is 3.99. The van der Waals surface area contributed by atoms with Crippen LogP contribution in [0.1, 0.15) is 36.4 Å². The SMILES string of the molecule is O=C1CCCC2=C1C(c1ccccc1OCc1ccccc1Cl)NC(=S)N2. The highest BCUT2D eigenvalue weighted by Crippen LogP contribution is 2.37. The lowest BCUT2D eigenvalue weighted by Crippen LogP contribution is -2.46. The number of nitrogens with one attached hydrogen (secondary N) is 2. The Morgan fingerprint density at radius 3 is 2.74 bits per heavy atom. The summed E-state index contributed by atoms with van der Waals surface area (Å²) in [5.41, 5.74) is 3.51. The number of ketones is 1. The molecule has 6 heteroatoms. The minimum atomic E-state index is -0.302. The number of allylic oxidation sites excluding steroid dienone is 1. The lowest BCUT2D eigenvalue weighted by Gasteiger charge is -2.34. The van der Waals surface area contributed by atoms with E-state index >= 15 is 0 Å². The number of halogens is 1. The van der Waals surface area contributed by atoms with Crippen molar-refractivity contribution in [1.82, 2.24) is 10.6 Å². The molecule has 0 bridgehead atoms. The van der Waals surface area contributed by atoms with Gasteiger partial charge in [-0.3, -0.25) is 4.79 Å². The second-order valence-electron chi connectivity index (χ2n) is 6.62. The van der Waals surface area contributed by atoms with Crippen LogP contribution in [0.3, 0.4) is 0 Å². The molecule has 1 atom stereocenters. The van der Waals surface area contributed by atoms with Crippen LogP contribution in [-0.4, -0.2) is 10.9 Å². The first-order valence-electron chi connectivity index (χ1n) is 8.92. The van der Waals surface area contributed by atoms with E-state index in [0.717, 1.165) is 35.2 Å². The van der Waals surface area contributed by atoms with E-state index in [1.807, 2.05) is 48.5 Å². The fraction of sp³-hybridized carbons (Fsp3) is 0.238. The van der Waals surface area contributed by atoms with Crippen molar-refractivity contribution < 1.29 is 9.53 Å². The van der Waals surface area contributed by atoms with Crippen molar-refractivity contribution in [2.75, 3.05) is 0 Å². The second-order valence-corrected chi connectivity index (χ2v) is 7.43. The highest BCUT2D eigenvalue weighted by atomic mass is 35.5. The summed E-state index contributed by atoms with van der Waals surface area (Å²) in [6.07, 6.45) is 2.25. The van der Waals surface area contributed by atoms with E-state index in [1.165, 1.54) is 0 Å². The molecule has 1 heterocycles.